The maximum absolute atomic E-state index is 12.4. The smallest absolute Gasteiger partial charge is 0.372 e. The summed E-state index contributed by atoms with van der Waals surface area (Å²) in [6.07, 6.45) is 0.618. The second-order valence-corrected chi connectivity index (χ2v) is 8.05. The molecule has 0 aliphatic carbocycles. The molecule has 0 unspecified atom stereocenters. The van der Waals surface area contributed by atoms with Crippen LogP contribution in [0.15, 0.2) is 45.0 Å². The monoisotopic (exact) mass is 365 g/mol. The average molecular weight is 365 g/mol. The fourth-order valence-electron chi connectivity index (χ4n) is 2.42. The predicted octanol–water partition coefficient (Wildman–Crippen LogP) is 3.02. The van der Waals surface area contributed by atoms with Gasteiger partial charge in [0.2, 0.25) is 15.8 Å². The largest absolute Gasteiger partial charge is 0.475 e. The maximum atomic E-state index is 12.4. The first-order valence-electron chi connectivity index (χ1n) is 7.17. The van der Waals surface area contributed by atoms with E-state index in [4.69, 9.17) is 9.52 Å². The summed E-state index contributed by atoms with van der Waals surface area (Å²) in [7, 11) is -3.67. The van der Waals surface area contributed by atoms with Crippen molar-refractivity contribution in [3.8, 4) is 0 Å². The Labute approximate surface area is 142 Å². The Morgan fingerprint density at radius 1 is 1.33 bits per heavy atom. The van der Waals surface area contributed by atoms with Crippen LogP contribution in [0.2, 0.25) is 0 Å². The molecule has 0 amide bonds. The van der Waals surface area contributed by atoms with Crippen LogP contribution in [0.4, 0.5) is 0 Å². The summed E-state index contributed by atoms with van der Waals surface area (Å²) in [5.74, 6) is -1.35. The van der Waals surface area contributed by atoms with Crippen molar-refractivity contribution in [3.63, 3.8) is 0 Å². The predicted molar refractivity (Wildman–Crippen MR) is 91.1 cm³/mol. The lowest BCUT2D eigenvalue weighted by atomic mass is 10.1. The molecule has 0 spiro atoms. The Balaban J connectivity index is 1.84. The van der Waals surface area contributed by atoms with E-state index >= 15 is 0 Å². The molecule has 126 valence electrons. The molecule has 2 N–H and O–H groups in total. The number of carboxylic acid groups (broad SMARTS) is 1. The zero-order valence-corrected chi connectivity index (χ0v) is 14.4. The van der Waals surface area contributed by atoms with Gasteiger partial charge in [0.15, 0.2) is 0 Å². The Bertz CT molecular complexity index is 987. The third-order valence-corrected chi connectivity index (χ3v) is 6.05. The molecule has 3 rings (SSSR count). The van der Waals surface area contributed by atoms with Crippen LogP contribution in [0.3, 0.4) is 0 Å². The van der Waals surface area contributed by atoms with Crippen molar-refractivity contribution in [2.24, 2.45) is 0 Å². The van der Waals surface area contributed by atoms with E-state index in [1.807, 2.05) is 17.5 Å². The van der Waals surface area contributed by atoms with Crippen LogP contribution in [-0.4, -0.2) is 26.0 Å². The molecular formula is C16H15NO5S2. The van der Waals surface area contributed by atoms with Crippen molar-refractivity contribution >= 4 is 38.3 Å². The minimum absolute atomic E-state index is 0.0852. The van der Waals surface area contributed by atoms with Crippen molar-refractivity contribution in [3.05, 3.63) is 51.9 Å². The Morgan fingerprint density at radius 3 is 2.79 bits per heavy atom. The van der Waals surface area contributed by atoms with Gasteiger partial charge in [0.05, 0.1) is 4.90 Å². The third kappa shape index (κ3) is 3.21. The molecule has 0 aliphatic heterocycles. The average Bonchev–Trinajstić information content (AvgIpc) is 3.15. The van der Waals surface area contributed by atoms with Crippen LogP contribution in [0.1, 0.15) is 21.0 Å². The highest BCUT2D eigenvalue weighted by atomic mass is 32.2. The highest BCUT2D eigenvalue weighted by Crippen LogP contribution is 2.27. The number of benzene rings is 1. The van der Waals surface area contributed by atoms with Crippen LogP contribution < -0.4 is 4.72 Å². The van der Waals surface area contributed by atoms with Crippen LogP contribution in [0.25, 0.3) is 11.0 Å². The van der Waals surface area contributed by atoms with Gasteiger partial charge in [-0.2, -0.15) is 0 Å². The molecule has 6 nitrogen and oxygen atoms in total. The molecular weight excluding hydrogens is 350 g/mol. The standard InChI is InChI=1S/C16H15NO5S2/c1-10-13-9-12(4-5-14(13)22-15(10)16(18)19)24(20,21)17-7-6-11-3-2-8-23-11/h2-5,8-9,17H,6-7H2,1H3,(H,18,19). The van der Waals surface area contributed by atoms with Gasteiger partial charge in [0.25, 0.3) is 0 Å². The lowest BCUT2D eigenvalue weighted by Gasteiger charge is -2.06. The summed E-state index contributed by atoms with van der Waals surface area (Å²) in [5, 5.41) is 11.5. The first-order chi connectivity index (χ1) is 11.4. The minimum Gasteiger partial charge on any atom is -0.475 e. The van der Waals surface area contributed by atoms with E-state index in [1.165, 1.54) is 18.2 Å². The quantitative estimate of drug-likeness (QED) is 0.700. The second kappa shape index (κ2) is 6.39. The van der Waals surface area contributed by atoms with E-state index in [2.05, 4.69) is 4.72 Å². The van der Waals surface area contributed by atoms with Crippen molar-refractivity contribution in [1.29, 1.82) is 0 Å². The summed E-state index contributed by atoms with van der Waals surface area (Å²) >= 11 is 1.58. The third-order valence-electron chi connectivity index (χ3n) is 3.66. The summed E-state index contributed by atoms with van der Waals surface area (Å²) in [4.78, 5) is 12.3. The number of aromatic carboxylic acids is 1. The normalized spacial score (nSPS) is 11.9. The highest BCUT2D eigenvalue weighted by molar-refractivity contribution is 7.89. The number of hydrogen-bond acceptors (Lipinski definition) is 5. The van der Waals surface area contributed by atoms with Gasteiger partial charge in [-0.15, -0.1) is 11.3 Å². The summed E-state index contributed by atoms with van der Waals surface area (Å²) in [6.45, 7) is 1.89. The van der Waals surface area contributed by atoms with E-state index < -0.39 is 16.0 Å². The van der Waals surface area contributed by atoms with Crippen LogP contribution in [-0.2, 0) is 16.4 Å². The first-order valence-corrected chi connectivity index (χ1v) is 9.53. The zero-order valence-electron chi connectivity index (χ0n) is 12.8. The summed E-state index contributed by atoms with van der Waals surface area (Å²) in [6, 6.07) is 8.19. The van der Waals surface area contributed by atoms with Crippen LogP contribution >= 0.6 is 11.3 Å². The number of fused-ring (bicyclic) bond motifs is 1. The van der Waals surface area contributed by atoms with Gasteiger partial charge in [-0.3, -0.25) is 0 Å². The molecule has 0 saturated carbocycles. The molecule has 0 aliphatic rings. The summed E-state index contributed by atoms with van der Waals surface area (Å²) in [5.41, 5.74) is 0.760. The number of furan rings is 1. The first kappa shape index (κ1) is 16.7. The number of hydrogen-bond donors (Lipinski definition) is 2. The molecule has 0 radical (unpaired) electrons. The lowest BCUT2D eigenvalue weighted by Crippen LogP contribution is -2.25. The van der Waals surface area contributed by atoms with Gasteiger partial charge >= 0.3 is 5.97 Å². The number of thiophene rings is 1. The van der Waals surface area contributed by atoms with Gasteiger partial charge in [-0.1, -0.05) is 6.07 Å². The van der Waals surface area contributed by atoms with Crippen molar-refractivity contribution in [2.45, 2.75) is 18.2 Å². The SMILES string of the molecule is Cc1c(C(=O)O)oc2ccc(S(=O)(=O)NCCc3cccs3)cc12. The van der Waals surface area contributed by atoms with Crippen LogP contribution in [0.5, 0.6) is 0 Å². The molecule has 2 heterocycles. The molecule has 0 saturated heterocycles. The Hall–Kier alpha value is -2.16. The summed E-state index contributed by atoms with van der Waals surface area (Å²) < 4.78 is 32.6. The fourth-order valence-corrected chi connectivity index (χ4v) is 4.18. The van der Waals surface area contributed by atoms with Gasteiger partial charge in [0.1, 0.15) is 5.58 Å². The number of carbonyl (C=O) groups is 1. The van der Waals surface area contributed by atoms with Gasteiger partial charge < -0.3 is 9.52 Å². The Morgan fingerprint density at radius 2 is 2.12 bits per heavy atom. The van der Waals surface area contributed by atoms with Crippen molar-refractivity contribution in [2.75, 3.05) is 6.54 Å². The number of sulfonamides is 1. The maximum Gasteiger partial charge on any atom is 0.372 e. The molecule has 0 atom stereocenters. The van der Waals surface area contributed by atoms with Crippen molar-refractivity contribution < 1.29 is 22.7 Å². The van der Waals surface area contributed by atoms with E-state index in [9.17, 15) is 13.2 Å². The molecule has 8 heteroatoms. The molecule has 0 bridgehead atoms. The van der Waals surface area contributed by atoms with Gasteiger partial charge in [-0.25, -0.2) is 17.9 Å². The Kier molecular flexibility index (Phi) is 4.44. The molecule has 0 fully saturated rings. The molecule has 3 aromatic rings. The minimum atomic E-state index is -3.67. The fraction of sp³-hybridized carbons (Fsp3) is 0.188. The van der Waals surface area contributed by atoms with Gasteiger partial charge in [-0.05, 0) is 43.0 Å². The zero-order chi connectivity index (χ0) is 17.3. The number of rotatable bonds is 6. The van der Waals surface area contributed by atoms with Crippen LogP contribution in [0, 0.1) is 6.92 Å². The van der Waals surface area contributed by atoms with E-state index in [-0.39, 0.29) is 10.7 Å². The highest BCUT2D eigenvalue weighted by Gasteiger charge is 2.20. The topological polar surface area (TPSA) is 96.6 Å². The second-order valence-electron chi connectivity index (χ2n) is 5.25. The number of aryl methyl sites for hydroxylation is 1. The van der Waals surface area contributed by atoms with E-state index in [0.717, 1.165) is 4.88 Å². The van der Waals surface area contributed by atoms with Crippen molar-refractivity contribution in [1.82, 2.24) is 4.72 Å². The number of nitrogens with one attached hydrogen (secondary N) is 1. The number of carboxylic acids is 1. The molecule has 2 aromatic heterocycles. The van der Waals surface area contributed by atoms with E-state index in [1.54, 1.807) is 18.3 Å². The van der Waals surface area contributed by atoms with Gasteiger partial charge in [0, 0.05) is 22.4 Å². The molecule has 24 heavy (non-hydrogen) atoms. The van der Waals surface area contributed by atoms with E-state index in [0.29, 0.717) is 29.5 Å². The molecule has 1 aromatic carbocycles. The lowest BCUT2D eigenvalue weighted by molar-refractivity contribution is 0.0664.